The molecule has 0 spiro atoms. The summed E-state index contributed by atoms with van der Waals surface area (Å²) in [5.74, 6) is 1.26. The van der Waals surface area contributed by atoms with Crippen LogP contribution in [0.25, 0.3) is 0 Å². The second-order valence-corrected chi connectivity index (χ2v) is 11.4. The van der Waals surface area contributed by atoms with Gasteiger partial charge in [-0.05, 0) is 55.3 Å². The van der Waals surface area contributed by atoms with Crippen molar-refractivity contribution in [2.45, 2.75) is 55.8 Å². The molecule has 200 valence electrons. The summed E-state index contributed by atoms with van der Waals surface area (Å²) < 4.78 is 46.3. The van der Waals surface area contributed by atoms with Crippen molar-refractivity contribution >= 4 is 21.6 Å². The van der Waals surface area contributed by atoms with Crippen LogP contribution in [0.15, 0.2) is 77.7 Å². The number of ether oxygens (including phenoxy) is 3. The highest BCUT2D eigenvalue weighted by atomic mass is 32.2. The standard InChI is InChI=1S/C29H32N2O6S/c1-4-29(5-2)18-23(22-10-6-8-12-25(22)37-29)30-28(32)27-19-31(24-11-7-9-13-26(24)36-27)38(33,34)21-16-14-20(35-3)15-17-21/h6-17,23,27H,4-5,18-19H2,1-3H3,(H,30,32)/t23-,27+/m1/s1. The van der Waals surface area contributed by atoms with Gasteiger partial charge in [0.15, 0.2) is 6.10 Å². The number of carbonyl (C=O) groups excluding carboxylic acids is 1. The van der Waals surface area contributed by atoms with Gasteiger partial charge in [0.2, 0.25) is 0 Å². The van der Waals surface area contributed by atoms with E-state index in [4.69, 9.17) is 14.2 Å². The molecule has 5 rings (SSSR count). The zero-order chi connectivity index (χ0) is 26.9. The lowest BCUT2D eigenvalue weighted by Crippen LogP contribution is -2.52. The van der Waals surface area contributed by atoms with Crippen molar-refractivity contribution in [3.05, 3.63) is 78.4 Å². The van der Waals surface area contributed by atoms with Crippen LogP contribution >= 0.6 is 0 Å². The third-order valence-corrected chi connectivity index (χ3v) is 9.27. The Morgan fingerprint density at radius 1 is 1.00 bits per heavy atom. The van der Waals surface area contributed by atoms with Crippen LogP contribution < -0.4 is 23.8 Å². The molecule has 9 heteroatoms. The van der Waals surface area contributed by atoms with E-state index in [1.807, 2.05) is 24.3 Å². The number of carbonyl (C=O) groups is 1. The highest BCUT2D eigenvalue weighted by Gasteiger charge is 2.42. The van der Waals surface area contributed by atoms with Crippen molar-refractivity contribution in [3.63, 3.8) is 0 Å². The van der Waals surface area contributed by atoms with Gasteiger partial charge >= 0.3 is 0 Å². The van der Waals surface area contributed by atoms with Crippen LogP contribution in [-0.2, 0) is 14.8 Å². The maximum atomic E-state index is 13.7. The second-order valence-electron chi connectivity index (χ2n) is 9.58. The summed E-state index contributed by atoms with van der Waals surface area (Å²) in [6, 6.07) is 20.5. The molecule has 1 amide bonds. The Morgan fingerprint density at radius 3 is 2.34 bits per heavy atom. The number of benzene rings is 3. The minimum Gasteiger partial charge on any atom is -0.497 e. The van der Waals surface area contributed by atoms with Crippen LogP contribution in [0.4, 0.5) is 5.69 Å². The van der Waals surface area contributed by atoms with Crippen LogP contribution in [0.3, 0.4) is 0 Å². The van der Waals surface area contributed by atoms with Gasteiger partial charge in [-0.3, -0.25) is 9.10 Å². The van der Waals surface area contributed by atoms with E-state index in [0.29, 0.717) is 23.6 Å². The molecule has 0 aromatic heterocycles. The zero-order valence-electron chi connectivity index (χ0n) is 21.7. The summed E-state index contributed by atoms with van der Waals surface area (Å²) in [5.41, 5.74) is 0.896. The predicted molar refractivity (Wildman–Crippen MR) is 144 cm³/mol. The van der Waals surface area contributed by atoms with Crippen LogP contribution in [-0.4, -0.2) is 39.7 Å². The Labute approximate surface area is 223 Å². The third-order valence-electron chi connectivity index (χ3n) is 7.48. The van der Waals surface area contributed by atoms with Gasteiger partial charge in [0.05, 0.1) is 30.3 Å². The van der Waals surface area contributed by atoms with Crippen LogP contribution in [0.5, 0.6) is 17.2 Å². The van der Waals surface area contributed by atoms with Crippen LogP contribution in [0.2, 0.25) is 0 Å². The summed E-state index contributed by atoms with van der Waals surface area (Å²) in [4.78, 5) is 13.8. The van der Waals surface area contributed by atoms with E-state index >= 15 is 0 Å². The van der Waals surface area contributed by atoms with Gasteiger partial charge in [0.1, 0.15) is 22.8 Å². The first kappa shape index (κ1) is 25.9. The largest absolute Gasteiger partial charge is 0.497 e. The van der Waals surface area contributed by atoms with E-state index in [-0.39, 0.29) is 23.4 Å². The SMILES string of the molecule is CCC1(CC)C[C@@H](NC(=O)[C@@H]2CN(S(=O)(=O)c3ccc(OC)cc3)c3ccccc3O2)c2ccccc2O1. The molecular formula is C29H32N2O6S. The zero-order valence-corrected chi connectivity index (χ0v) is 22.5. The number of rotatable bonds is 7. The van der Waals surface area contributed by atoms with E-state index in [1.165, 1.54) is 23.5 Å². The maximum absolute atomic E-state index is 13.7. The number of anilines is 1. The van der Waals surface area contributed by atoms with Gasteiger partial charge in [-0.2, -0.15) is 0 Å². The number of amides is 1. The number of hydrogen-bond acceptors (Lipinski definition) is 6. The van der Waals surface area contributed by atoms with Crippen molar-refractivity contribution in [2.24, 2.45) is 0 Å². The normalized spacial score (nSPS) is 19.8. The first-order chi connectivity index (χ1) is 18.3. The molecule has 1 N–H and O–H groups in total. The highest BCUT2D eigenvalue weighted by molar-refractivity contribution is 7.92. The molecule has 2 aliphatic heterocycles. The molecule has 0 saturated carbocycles. The number of fused-ring (bicyclic) bond motifs is 2. The van der Waals surface area contributed by atoms with Gasteiger partial charge in [-0.25, -0.2) is 8.42 Å². The fourth-order valence-electron chi connectivity index (χ4n) is 5.14. The number of nitrogens with zero attached hydrogens (tertiary/aromatic N) is 1. The molecule has 0 radical (unpaired) electrons. The van der Waals surface area contributed by atoms with E-state index in [0.717, 1.165) is 24.2 Å². The highest BCUT2D eigenvalue weighted by Crippen LogP contribution is 2.43. The summed E-state index contributed by atoms with van der Waals surface area (Å²) in [7, 11) is -2.46. The smallest absolute Gasteiger partial charge is 0.264 e. The summed E-state index contributed by atoms with van der Waals surface area (Å²) in [5, 5.41) is 3.14. The van der Waals surface area contributed by atoms with Crippen molar-refractivity contribution in [2.75, 3.05) is 18.0 Å². The quantitative estimate of drug-likeness (QED) is 0.464. The van der Waals surface area contributed by atoms with Crippen molar-refractivity contribution in [1.82, 2.24) is 5.32 Å². The molecule has 3 aromatic carbocycles. The Bertz CT molecular complexity index is 1420. The van der Waals surface area contributed by atoms with Gasteiger partial charge in [0, 0.05) is 12.0 Å². The monoisotopic (exact) mass is 536 g/mol. The fraction of sp³-hybridized carbons (Fsp3) is 0.345. The number of para-hydroxylation sites is 3. The van der Waals surface area contributed by atoms with Crippen molar-refractivity contribution < 1.29 is 27.4 Å². The number of nitrogens with one attached hydrogen (secondary N) is 1. The topological polar surface area (TPSA) is 94.2 Å². The first-order valence-electron chi connectivity index (χ1n) is 12.8. The van der Waals surface area contributed by atoms with Crippen molar-refractivity contribution in [1.29, 1.82) is 0 Å². The predicted octanol–water partition coefficient (Wildman–Crippen LogP) is 4.85. The minimum atomic E-state index is -3.98. The second kappa shape index (κ2) is 10.2. The van der Waals surface area contributed by atoms with E-state index in [1.54, 1.807) is 36.4 Å². The molecule has 0 saturated heterocycles. The average molecular weight is 537 g/mol. The summed E-state index contributed by atoms with van der Waals surface area (Å²) >= 11 is 0. The molecule has 0 bridgehead atoms. The molecule has 8 nitrogen and oxygen atoms in total. The molecule has 0 unspecified atom stereocenters. The third kappa shape index (κ3) is 4.67. The lowest BCUT2D eigenvalue weighted by molar-refractivity contribution is -0.129. The Hall–Kier alpha value is -3.72. The van der Waals surface area contributed by atoms with Gasteiger partial charge in [0.25, 0.3) is 15.9 Å². The van der Waals surface area contributed by atoms with Crippen molar-refractivity contribution in [3.8, 4) is 17.2 Å². The van der Waals surface area contributed by atoms with Crippen LogP contribution in [0, 0.1) is 0 Å². The molecule has 2 heterocycles. The van der Waals surface area contributed by atoms with E-state index < -0.39 is 21.7 Å². The lowest BCUT2D eigenvalue weighted by atomic mass is 9.83. The summed E-state index contributed by atoms with van der Waals surface area (Å²) in [6.45, 7) is 4.01. The molecular weight excluding hydrogens is 504 g/mol. The average Bonchev–Trinajstić information content (AvgIpc) is 2.96. The summed E-state index contributed by atoms with van der Waals surface area (Å²) in [6.07, 6.45) is 1.17. The lowest BCUT2D eigenvalue weighted by Gasteiger charge is -2.42. The Balaban J connectivity index is 1.44. The Kier molecular flexibility index (Phi) is 6.96. The fourth-order valence-corrected chi connectivity index (χ4v) is 6.61. The van der Waals surface area contributed by atoms with Gasteiger partial charge < -0.3 is 19.5 Å². The molecule has 2 atom stereocenters. The molecule has 0 aliphatic carbocycles. The molecule has 2 aliphatic rings. The van der Waals surface area contributed by atoms with E-state index in [2.05, 4.69) is 19.2 Å². The number of methoxy groups -OCH3 is 1. The molecule has 3 aromatic rings. The van der Waals surface area contributed by atoms with Gasteiger partial charge in [-0.15, -0.1) is 0 Å². The molecule has 38 heavy (non-hydrogen) atoms. The molecule has 0 fully saturated rings. The number of hydrogen-bond donors (Lipinski definition) is 1. The number of sulfonamides is 1. The Morgan fingerprint density at radius 2 is 1.66 bits per heavy atom. The maximum Gasteiger partial charge on any atom is 0.264 e. The minimum absolute atomic E-state index is 0.100. The van der Waals surface area contributed by atoms with Crippen LogP contribution in [0.1, 0.15) is 44.7 Å². The van der Waals surface area contributed by atoms with Gasteiger partial charge in [-0.1, -0.05) is 44.2 Å². The van der Waals surface area contributed by atoms with E-state index in [9.17, 15) is 13.2 Å². The first-order valence-corrected chi connectivity index (χ1v) is 14.2.